The summed E-state index contributed by atoms with van der Waals surface area (Å²) in [5.41, 5.74) is 2.11. The molecule has 0 aliphatic heterocycles. The van der Waals surface area contributed by atoms with Crippen LogP contribution in [0.25, 0.3) is 12.2 Å². The van der Waals surface area contributed by atoms with E-state index in [0.717, 1.165) is 36.1 Å². The molecule has 11 heteroatoms. The van der Waals surface area contributed by atoms with E-state index in [1.165, 1.54) is 12.2 Å². The van der Waals surface area contributed by atoms with Crippen molar-refractivity contribution in [2.24, 2.45) is 0 Å². The number of nitrogens with one attached hydrogen (secondary N) is 1. The summed E-state index contributed by atoms with van der Waals surface area (Å²) >= 11 is 3.41. The maximum atomic E-state index is 12.5. The lowest BCUT2D eigenvalue weighted by Gasteiger charge is -2.08. The van der Waals surface area contributed by atoms with Crippen molar-refractivity contribution >= 4 is 57.6 Å². The van der Waals surface area contributed by atoms with Crippen LogP contribution in [0.2, 0.25) is 0 Å². The Kier molecular flexibility index (Phi) is 16.7. The lowest BCUT2D eigenvalue weighted by Crippen LogP contribution is -2.09. The Balaban J connectivity index is 1.37. The van der Waals surface area contributed by atoms with Crippen LogP contribution in [0.3, 0.4) is 0 Å². The van der Waals surface area contributed by atoms with Gasteiger partial charge >= 0.3 is 17.9 Å². The molecule has 1 amide bonds. The predicted octanol–water partition coefficient (Wildman–Crippen LogP) is 7.50. The Morgan fingerprint density at radius 3 is 1.57 bits per heavy atom. The van der Waals surface area contributed by atoms with Crippen LogP contribution >= 0.6 is 15.9 Å². The summed E-state index contributed by atoms with van der Waals surface area (Å²) in [4.78, 5) is 46.9. The number of carbonyl (C=O) groups excluding carboxylic acids is 4. The third-order valence-electron chi connectivity index (χ3n) is 6.45. The number of hydrogen-bond acceptors (Lipinski definition) is 9. The van der Waals surface area contributed by atoms with Gasteiger partial charge in [0.25, 0.3) is 0 Å². The topological polar surface area (TPSA) is 126 Å². The van der Waals surface area contributed by atoms with Gasteiger partial charge in [0.2, 0.25) is 5.91 Å². The van der Waals surface area contributed by atoms with E-state index in [4.69, 9.17) is 23.7 Å². The van der Waals surface area contributed by atoms with E-state index < -0.39 is 17.9 Å². The molecule has 0 atom stereocenters. The normalized spacial score (nSPS) is 10.7. The molecule has 0 aliphatic carbocycles. The average Bonchev–Trinajstić information content (AvgIpc) is 3.11. The molecule has 10 nitrogen and oxygen atoms in total. The van der Waals surface area contributed by atoms with Gasteiger partial charge in [-0.05, 0) is 107 Å². The number of amides is 1. The lowest BCUT2D eigenvalue weighted by molar-refractivity contribution is -0.138. The molecule has 49 heavy (non-hydrogen) atoms. The summed E-state index contributed by atoms with van der Waals surface area (Å²) in [6.07, 6.45) is 11.1. The second-order valence-corrected chi connectivity index (χ2v) is 11.1. The molecule has 0 aromatic heterocycles. The first-order valence-corrected chi connectivity index (χ1v) is 16.3. The number of anilines is 1. The van der Waals surface area contributed by atoms with Gasteiger partial charge < -0.3 is 29.0 Å². The van der Waals surface area contributed by atoms with Gasteiger partial charge in [-0.25, -0.2) is 14.4 Å². The summed E-state index contributed by atoms with van der Waals surface area (Å²) in [7, 11) is 0. The van der Waals surface area contributed by atoms with Crippen molar-refractivity contribution < 1.29 is 42.9 Å². The Hall–Kier alpha value is -5.42. The summed E-state index contributed by atoms with van der Waals surface area (Å²) in [5.74, 6) is -0.0904. The predicted molar refractivity (Wildman–Crippen MR) is 191 cm³/mol. The molecule has 3 aromatic carbocycles. The molecule has 0 spiro atoms. The first-order chi connectivity index (χ1) is 23.7. The molecule has 256 valence electrons. The Morgan fingerprint density at radius 1 is 0.612 bits per heavy atom. The number of benzene rings is 3. The lowest BCUT2D eigenvalue weighted by atomic mass is 10.2. The summed E-state index contributed by atoms with van der Waals surface area (Å²) in [6.45, 7) is 8.31. The Bertz CT molecular complexity index is 1630. The zero-order valence-electron chi connectivity index (χ0n) is 26.9. The van der Waals surface area contributed by atoms with Gasteiger partial charge in [0.15, 0.2) is 0 Å². The van der Waals surface area contributed by atoms with Crippen LogP contribution in [0.15, 0.2) is 109 Å². The van der Waals surface area contributed by atoms with Crippen molar-refractivity contribution in [3.8, 4) is 17.2 Å². The first kappa shape index (κ1) is 38.0. The molecule has 0 saturated carbocycles. The number of rotatable bonds is 20. The van der Waals surface area contributed by atoms with Gasteiger partial charge in [-0.15, -0.1) is 0 Å². The van der Waals surface area contributed by atoms with Crippen molar-refractivity contribution in [1.82, 2.24) is 0 Å². The number of unbranched alkanes of at least 4 members (excludes halogenated alkanes) is 2. The monoisotopic (exact) mass is 731 g/mol. The van der Waals surface area contributed by atoms with Crippen molar-refractivity contribution in [3.63, 3.8) is 0 Å². The highest BCUT2D eigenvalue weighted by Crippen LogP contribution is 2.27. The number of ether oxygens (including phenoxy) is 5. The fraction of sp³-hybridized carbons (Fsp3) is 0.211. The number of esters is 3. The molecular formula is C38H38BrNO9. The molecule has 0 fully saturated rings. The van der Waals surface area contributed by atoms with Crippen LogP contribution in [0.5, 0.6) is 17.2 Å². The van der Waals surface area contributed by atoms with E-state index in [9.17, 15) is 19.2 Å². The molecule has 0 saturated heterocycles. The van der Waals surface area contributed by atoms with Gasteiger partial charge in [0.05, 0.1) is 32.1 Å². The highest BCUT2D eigenvalue weighted by Gasteiger charge is 2.08. The van der Waals surface area contributed by atoms with Crippen molar-refractivity contribution in [2.75, 3.05) is 31.7 Å². The molecule has 3 aromatic rings. The SMILES string of the molecule is C=CC(=O)OCCCCOc1ccc(/C=C/C(=O)Nc2ccc(OC(=O)/C=C/c3ccc(OCCCCOC(=O)C=C)cc3)cc2Br)cc1. The quantitative estimate of drug-likeness (QED) is 0.0544. The Morgan fingerprint density at radius 2 is 1.08 bits per heavy atom. The molecule has 0 bridgehead atoms. The minimum atomic E-state index is -0.563. The van der Waals surface area contributed by atoms with Gasteiger partial charge in [0, 0.05) is 28.8 Å². The first-order valence-electron chi connectivity index (χ1n) is 15.5. The smallest absolute Gasteiger partial charge is 0.336 e. The van der Waals surface area contributed by atoms with Gasteiger partial charge in [0.1, 0.15) is 17.2 Å². The average molecular weight is 733 g/mol. The second-order valence-electron chi connectivity index (χ2n) is 10.2. The zero-order chi connectivity index (χ0) is 35.3. The highest BCUT2D eigenvalue weighted by atomic mass is 79.9. The summed E-state index contributed by atoms with van der Waals surface area (Å²) < 4.78 is 27.2. The third-order valence-corrected chi connectivity index (χ3v) is 7.11. The highest BCUT2D eigenvalue weighted by molar-refractivity contribution is 9.10. The fourth-order valence-electron chi connectivity index (χ4n) is 3.92. The molecule has 0 aliphatic rings. The van der Waals surface area contributed by atoms with Crippen LogP contribution in [0.4, 0.5) is 5.69 Å². The number of carbonyl (C=O) groups is 4. The van der Waals surface area contributed by atoms with E-state index in [1.54, 1.807) is 42.5 Å². The van der Waals surface area contributed by atoms with Crippen LogP contribution < -0.4 is 19.5 Å². The summed E-state index contributed by atoms with van der Waals surface area (Å²) in [6, 6.07) is 19.3. The van der Waals surface area contributed by atoms with E-state index in [1.807, 2.05) is 36.4 Å². The number of hydrogen-bond donors (Lipinski definition) is 1. The van der Waals surface area contributed by atoms with Crippen LogP contribution in [0.1, 0.15) is 36.8 Å². The van der Waals surface area contributed by atoms with Crippen LogP contribution in [0, 0.1) is 0 Å². The van der Waals surface area contributed by atoms with Crippen LogP contribution in [-0.2, 0) is 28.7 Å². The molecule has 0 unspecified atom stereocenters. The third kappa shape index (κ3) is 15.4. The van der Waals surface area contributed by atoms with Crippen molar-refractivity contribution in [1.29, 1.82) is 0 Å². The molecule has 1 N–H and O–H groups in total. The minimum absolute atomic E-state index is 0.302. The van der Waals surface area contributed by atoms with Gasteiger partial charge in [-0.2, -0.15) is 0 Å². The maximum Gasteiger partial charge on any atom is 0.336 e. The molecular weight excluding hydrogens is 694 g/mol. The van der Waals surface area contributed by atoms with Crippen LogP contribution in [-0.4, -0.2) is 50.2 Å². The van der Waals surface area contributed by atoms with E-state index >= 15 is 0 Å². The minimum Gasteiger partial charge on any atom is -0.494 e. The Labute approximate surface area is 294 Å². The fourth-order valence-corrected chi connectivity index (χ4v) is 4.38. The molecule has 0 radical (unpaired) electrons. The molecule has 0 heterocycles. The van der Waals surface area contributed by atoms with E-state index in [2.05, 4.69) is 34.4 Å². The van der Waals surface area contributed by atoms with Crippen molar-refractivity contribution in [3.05, 3.63) is 120 Å². The van der Waals surface area contributed by atoms with E-state index in [0.29, 0.717) is 66.7 Å². The summed E-state index contributed by atoms with van der Waals surface area (Å²) in [5, 5.41) is 2.79. The van der Waals surface area contributed by atoms with Crippen molar-refractivity contribution in [2.45, 2.75) is 25.7 Å². The number of halogens is 1. The van der Waals surface area contributed by atoms with Gasteiger partial charge in [-0.3, -0.25) is 4.79 Å². The zero-order valence-corrected chi connectivity index (χ0v) is 28.5. The molecule has 3 rings (SSSR count). The largest absolute Gasteiger partial charge is 0.494 e. The standard InChI is InChI=1S/C38H38BrNO9/c1-3-36(42)47-25-7-5-23-45-30-15-9-28(10-16-30)13-21-35(41)40-34-20-19-32(27-33(34)39)49-38(44)22-14-29-11-17-31(18-12-29)46-24-6-8-26-48-37(43)4-2/h3-4,9-22,27H,1-2,5-8,23-26H2,(H,40,41)/b21-13+,22-14+. The van der Waals surface area contributed by atoms with E-state index in [-0.39, 0.29) is 5.91 Å². The van der Waals surface area contributed by atoms with Gasteiger partial charge in [-0.1, -0.05) is 37.4 Å². The second kappa shape index (κ2) is 21.5. The maximum absolute atomic E-state index is 12.5.